The lowest BCUT2D eigenvalue weighted by Gasteiger charge is -2.03. The zero-order valence-corrected chi connectivity index (χ0v) is 8.40. The maximum atomic E-state index is 6.15. The second kappa shape index (κ2) is 3.80. The van der Waals surface area contributed by atoms with Crippen LogP contribution in [0.2, 0.25) is 0 Å². The SMILES string of the molecule is Cc1nnc([C@@H](Cl)c2ccccc2)o1. The highest BCUT2D eigenvalue weighted by atomic mass is 35.5. The van der Waals surface area contributed by atoms with Gasteiger partial charge in [0.25, 0.3) is 0 Å². The predicted molar refractivity (Wildman–Crippen MR) is 53.2 cm³/mol. The van der Waals surface area contributed by atoms with Crippen LogP contribution in [0.1, 0.15) is 22.7 Å². The van der Waals surface area contributed by atoms with Gasteiger partial charge in [-0.25, -0.2) is 0 Å². The van der Waals surface area contributed by atoms with Crippen molar-refractivity contribution < 1.29 is 4.42 Å². The summed E-state index contributed by atoms with van der Waals surface area (Å²) in [7, 11) is 0. The minimum atomic E-state index is -0.364. The van der Waals surface area contributed by atoms with Crippen molar-refractivity contribution in [2.45, 2.75) is 12.3 Å². The summed E-state index contributed by atoms with van der Waals surface area (Å²) < 4.78 is 5.25. The molecule has 0 unspecified atom stereocenters. The van der Waals surface area contributed by atoms with Gasteiger partial charge in [0, 0.05) is 6.92 Å². The highest BCUT2D eigenvalue weighted by Crippen LogP contribution is 2.26. The molecule has 4 heteroatoms. The van der Waals surface area contributed by atoms with Gasteiger partial charge >= 0.3 is 0 Å². The first-order chi connectivity index (χ1) is 6.77. The molecule has 0 spiro atoms. The Hall–Kier alpha value is -1.35. The molecule has 0 amide bonds. The van der Waals surface area contributed by atoms with E-state index in [1.165, 1.54) is 0 Å². The monoisotopic (exact) mass is 208 g/mol. The number of alkyl halides is 1. The summed E-state index contributed by atoms with van der Waals surface area (Å²) in [4.78, 5) is 0. The lowest BCUT2D eigenvalue weighted by Crippen LogP contribution is -1.92. The first kappa shape index (κ1) is 9.21. The van der Waals surface area contributed by atoms with Crippen molar-refractivity contribution >= 4 is 11.6 Å². The van der Waals surface area contributed by atoms with E-state index in [-0.39, 0.29) is 5.38 Å². The van der Waals surface area contributed by atoms with Crippen molar-refractivity contribution in [3.05, 3.63) is 47.7 Å². The summed E-state index contributed by atoms with van der Waals surface area (Å²) in [6.07, 6.45) is 0. The molecule has 0 saturated heterocycles. The third kappa shape index (κ3) is 1.77. The molecule has 14 heavy (non-hydrogen) atoms. The second-order valence-corrected chi connectivity index (χ2v) is 3.37. The largest absolute Gasteiger partial charge is 0.424 e. The van der Waals surface area contributed by atoms with Crippen LogP contribution in [0.15, 0.2) is 34.7 Å². The Kier molecular flexibility index (Phi) is 2.50. The van der Waals surface area contributed by atoms with E-state index in [0.717, 1.165) is 5.56 Å². The Morgan fingerprint density at radius 2 is 1.93 bits per heavy atom. The molecule has 72 valence electrons. The molecule has 1 atom stereocenters. The van der Waals surface area contributed by atoms with Gasteiger partial charge in [0.1, 0.15) is 5.38 Å². The fraction of sp³-hybridized carbons (Fsp3) is 0.200. The number of aryl methyl sites for hydroxylation is 1. The molecule has 3 nitrogen and oxygen atoms in total. The third-order valence-electron chi connectivity index (χ3n) is 1.85. The highest BCUT2D eigenvalue weighted by Gasteiger charge is 2.16. The van der Waals surface area contributed by atoms with Crippen molar-refractivity contribution in [1.82, 2.24) is 10.2 Å². The van der Waals surface area contributed by atoms with Crippen LogP contribution in [0.25, 0.3) is 0 Å². The van der Waals surface area contributed by atoms with Gasteiger partial charge in [0.2, 0.25) is 11.8 Å². The molecular weight excluding hydrogens is 200 g/mol. The van der Waals surface area contributed by atoms with E-state index in [2.05, 4.69) is 10.2 Å². The number of benzene rings is 1. The van der Waals surface area contributed by atoms with E-state index in [1.807, 2.05) is 30.3 Å². The van der Waals surface area contributed by atoms with Crippen LogP contribution in [-0.4, -0.2) is 10.2 Å². The average Bonchev–Trinajstić information content (AvgIpc) is 2.65. The number of hydrogen-bond donors (Lipinski definition) is 0. The minimum absolute atomic E-state index is 0.364. The van der Waals surface area contributed by atoms with Gasteiger partial charge < -0.3 is 4.42 Å². The van der Waals surface area contributed by atoms with Gasteiger partial charge in [-0.1, -0.05) is 30.3 Å². The van der Waals surface area contributed by atoms with Crippen LogP contribution >= 0.6 is 11.6 Å². The number of aromatic nitrogens is 2. The lowest BCUT2D eigenvalue weighted by molar-refractivity contribution is 0.473. The molecule has 0 saturated carbocycles. The van der Waals surface area contributed by atoms with Gasteiger partial charge in [0.05, 0.1) is 0 Å². The summed E-state index contributed by atoms with van der Waals surface area (Å²) in [5, 5.41) is 7.24. The van der Waals surface area contributed by atoms with Gasteiger partial charge in [-0.3, -0.25) is 0 Å². The number of halogens is 1. The Morgan fingerprint density at radius 1 is 1.21 bits per heavy atom. The first-order valence-corrected chi connectivity index (χ1v) is 4.70. The van der Waals surface area contributed by atoms with Crippen LogP contribution in [0, 0.1) is 6.92 Å². The van der Waals surface area contributed by atoms with Crippen molar-refractivity contribution in [3.8, 4) is 0 Å². The number of rotatable bonds is 2. The molecule has 0 aliphatic rings. The van der Waals surface area contributed by atoms with Crippen molar-refractivity contribution in [2.75, 3.05) is 0 Å². The summed E-state index contributed by atoms with van der Waals surface area (Å²) in [6.45, 7) is 1.74. The van der Waals surface area contributed by atoms with Crippen molar-refractivity contribution in [3.63, 3.8) is 0 Å². The topological polar surface area (TPSA) is 38.9 Å². The molecule has 2 aromatic rings. The Balaban J connectivity index is 2.29. The molecule has 1 aromatic heterocycles. The zero-order chi connectivity index (χ0) is 9.97. The molecule has 1 heterocycles. The summed E-state index contributed by atoms with van der Waals surface area (Å²) in [6, 6.07) is 9.64. The maximum absolute atomic E-state index is 6.15. The standard InChI is InChI=1S/C10H9ClN2O/c1-7-12-13-10(14-7)9(11)8-5-3-2-4-6-8/h2-6,9H,1H3/t9-/m0/s1. The molecule has 2 rings (SSSR count). The van der Waals surface area contributed by atoms with Crippen LogP contribution in [0.4, 0.5) is 0 Å². The van der Waals surface area contributed by atoms with Gasteiger partial charge in [0.15, 0.2) is 0 Å². The molecule has 0 aliphatic heterocycles. The third-order valence-corrected chi connectivity index (χ3v) is 2.29. The number of hydrogen-bond acceptors (Lipinski definition) is 3. The Morgan fingerprint density at radius 3 is 2.50 bits per heavy atom. The maximum Gasteiger partial charge on any atom is 0.238 e. The van der Waals surface area contributed by atoms with E-state index < -0.39 is 0 Å². The average molecular weight is 209 g/mol. The summed E-state index contributed by atoms with van der Waals surface area (Å²) in [5.74, 6) is 0.969. The molecule has 1 aromatic carbocycles. The van der Waals surface area contributed by atoms with E-state index in [4.69, 9.17) is 16.0 Å². The highest BCUT2D eigenvalue weighted by molar-refractivity contribution is 6.22. The van der Waals surface area contributed by atoms with Crippen LogP contribution < -0.4 is 0 Å². The van der Waals surface area contributed by atoms with Crippen molar-refractivity contribution in [2.24, 2.45) is 0 Å². The van der Waals surface area contributed by atoms with E-state index >= 15 is 0 Å². The van der Waals surface area contributed by atoms with Gasteiger partial charge in [-0.15, -0.1) is 21.8 Å². The summed E-state index contributed by atoms with van der Waals surface area (Å²) in [5.41, 5.74) is 0.956. The smallest absolute Gasteiger partial charge is 0.238 e. The predicted octanol–water partition coefficient (Wildman–Crippen LogP) is 2.71. The quantitative estimate of drug-likeness (QED) is 0.713. The van der Waals surface area contributed by atoms with E-state index in [1.54, 1.807) is 6.92 Å². The Bertz CT molecular complexity index is 413. The van der Waals surface area contributed by atoms with Crippen molar-refractivity contribution in [1.29, 1.82) is 0 Å². The fourth-order valence-electron chi connectivity index (χ4n) is 1.18. The normalized spacial score (nSPS) is 12.7. The lowest BCUT2D eigenvalue weighted by atomic mass is 10.1. The van der Waals surface area contributed by atoms with E-state index in [9.17, 15) is 0 Å². The zero-order valence-electron chi connectivity index (χ0n) is 7.64. The Labute approximate surface area is 86.7 Å². The first-order valence-electron chi connectivity index (χ1n) is 4.26. The molecule has 0 N–H and O–H groups in total. The molecule has 0 aliphatic carbocycles. The summed E-state index contributed by atoms with van der Waals surface area (Å²) >= 11 is 6.15. The molecular formula is C10H9ClN2O. The van der Waals surface area contributed by atoms with Crippen LogP contribution in [0.3, 0.4) is 0 Å². The molecule has 0 radical (unpaired) electrons. The van der Waals surface area contributed by atoms with Crippen LogP contribution in [-0.2, 0) is 0 Å². The van der Waals surface area contributed by atoms with Gasteiger partial charge in [-0.05, 0) is 5.56 Å². The molecule has 0 fully saturated rings. The van der Waals surface area contributed by atoms with Gasteiger partial charge in [-0.2, -0.15) is 0 Å². The molecule has 0 bridgehead atoms. The fourth-order valence-corrected chi connectivity index (χ4v) is 1.41. The number of nitrogens with zero attached hydrogens (tertiary/aromatic N) is 2. The van der Waals surface area contributed by atoms with Crippen LogP contribution in [0.5, 0.6) is 0 Å². The second-order valence-electron chi connectivity index (χ2n) is 2.93. The van der Waals surface area contributed by atoms with E-state index in [0.29, 0.717) is 11.8 Å². The minimum Gasteiger partial charge on any atom is -0.424 e.